The van der Waals surface area contributed by atoms with Gasteiger partial charge >= 0.3 is 5.97 Å². The molecule has 49 heavy (non-hydrogen) atoms. The van der Waals surface area contributed by atoms with E-state index < -0.39 is 18.2 Å². The molecule has 0 aromatic heterocycles. The Morgan fingerprint density at radius 2 is 1.16 bits per heavy atom. The third kappa shape index (κ3) is 32.3. The van der Waals surface area contributed by atoms with Crippen molar-refractivity contribution >= 4 is 11.9 Å². The van der Waals surface area contributed by atoms with Gasteiger partial charge in [-0.3, -0.25) is 9.59 Å². The number of aliphatic hydroxyl groups excluding tert-OH is 2. The Hall–Kier alpha value is -2.70. The monoisotopic (exact) mass is 684 g/mol. The van der Waals surface area contributed by atoms with E-state index in [0.717, 1.165) is 70.6 Å². The van der Waals surface area contributed by atoms with Gasteiger partial charge in [-0.15, -0.1) is 0 Å². The van der Waals surface area contributed by atoms with Crippen LogP contribution in [-0.4, -0.2) is 46.9 Å². The Labute approximate surface area is 301 Å². The van der Waals surface area contributed by atoms with E-state index in [-0.39, 0.29) is 24.9 Å². The summed E-state index contributed by atoms with van der Waals surface area (Å²) in [6, 6.07) is -0.719. The van der Waals surface area contributed by atoms with Crippen molar-refractivity contribution in [3.05, 3.63) is 72.9 Å². The first-order valence-corrected chi connectivity index (χ1v) is 19.7. The zero-order valence-electron chi connectivity index (χ0n) is 31.5. The summed E-state index contributed by atoms with van der Waals surface area (Å²) >= 11 is 0. The highest BCUT2D eigenvalue weighted by Gasteiger charge is 2.23. The number of rotatable bonds is 33. The van der Waals surface area contributed by atoms with Gasteiger partial charge in [-0.05, 0) is 57.8 Å². The maximum atomic E-state index is 13.0. The van der Waals surface area contributed by atoms with E-state index in [1.54, 1.807) is 0 Å². The summed E-state index contributed by atoms with van der Waals surface area (Å²) in [6.07, 6.45) is 44.1. The molecule has 3 N–H and O–H groups in total. The molecule has 1 amide bonds. The SMILES string of the molecule is CC/C=C/C=C/C=C\C=C/C=C/CCCC(=O)OC(CCCCC/C=C\CCC)CC(=O)NC(CO)C(O)CCCCCCCCCCC. The first kappa shape index (κ1) is 46.3. The van der Waals surface area contributed by atoms with Gasteiger partial charge in [0.15, 0.2) is 0 Å². The summed E-state index contributed by atoms with van der Waals surface area (Å²) < 4.78 is 5.80. The molecule has 0 aliphatic carbocycles. The number of unbranched alkanes of at least 4 members (excludes halogenated alkanes) is 13. The summed E-state index contributed by atoms with van der Waals surface area (Å²) in [5.41, 5.74) is 0. The lowest BCUT2D eigenvalue weighted by Gasteiger charge is -2.24. The summed E-state index contributed by atoms with van der Waals surface area (Å²) in [5, 5.41) is 23.4. The van der Waals surface area contributed by atoms with Crippen molar-refractivity contribution < 1.29 is 24.5 Å². The fourth-order valence-corrected chi connectivity index (χ4v) is 5.40. The smallest absolute Gasteiger partial charge is 0.306 e. The Morgan fingerprint density at radius 3 is 1.80 bits per heavy atom. The van der Waals surface area contributed by atoms with E-state index in [1.807, 2.05) is 54.7 Å². The van der Waals surface area contributed by atoms with Crippen molar-refractivity contribution in [1.29, 1.82) is 0 Å². The van der Waals surface area contributed by atoms with Gasteiger partial charge in [0, 0.05) is 6.42 Å². The third-order valence-corrected chi connectivity index (χ3v) is 8.38. The van der Waals surface area contributed by atoms with Gasteiger partial charge in [-0.2, -0.15) is 0 Å². The Kier molecular flexibility index (Phi) is 34.6. The maximum Gasteiger partial charge on any atom is 0.306 e. The van der Waals surface area contributed by atoms with E-state index in [2.05, 4.69) is 44.3 Å². The lowest BCUT2D eigenvalue weighted by Crippen LogP contribution is -2.46. The van der Waals surface area contributed by atoms with Crippen molar-refractivity contribution in [2.75, 3.05) is 6.61 Å². The molecule has 0 fully saturated rings. The summed E-state index contributed by atoms with van der Waals surface area (Å²) in [6.45, 7) is 6.18. The highest BCUT2D eigenvalue weighted by Crippen LogP contribution is 2.16. The number of amides is 1. The van der Waals surface area contributed by atoms with Crippen LogP contribution in [0.1, 0.15) is 162 Å². The first-order valence-electron chi connectivity index (χ1n) is 19.7. The normalized spacial score (nSPS) is 14.3. The molecule has 6 nitrogen and oxygen atoms in total. The van der Waals surface area contributed by atoms with Crippen molar-refractivity contribution in [3.8, 4) is 0 Å². The fourth-order valence-electron chi connectivity index (χ4n) is 5.40. The zero-order valence-corrected chi connectivity index (χ0v) is 31.5. The molecule has 3 atom stereocenters. The largest absolute Gasteiger partial charge is 0.462 e. The van der Waals surface area contributed by atoms with Crippen molar-refractivity contribution in [2.45, 2.75) is 180 Å². The number of esters is 1. The zero-order chi connectivity index (χ0) is 36.0. The number of nitrogens with one attached hydrogen (secondary N) is 1. The fraction of sp³-hybridized carbons (Fsp3) is 0.674. The van der Waals surface area contributed by atoms with E-state index in [1.165, 1.54) is 38.5 Å². The second kappa shape index (κ2) is 36.6. The molecule has 0 heterocycles. The van der Waals surface area contributed by atoms with Crippen molar-refractivity contribution in [1.82, 2.24) is 5.32 Å². The number of aliphatic hydroxyl groups is 2. The molecule has 3 unspecified atom stereocenters. The van der Waals surface area contributed by atoms with Gasteiger partial charge in [0.1, 0.15) is 6.10 Å². The highest BCUT2D eigenvalue weighted by molar-refractivity contribution is 5.77. The Balaban J connectivity index is 4.73. The maximum absolute atomic E-state index is 13.0. The molecule has 6 heteroatoms. The predicted octanol–water partition coefficient (Wildman–Crippen LogP) is 10.7. The summed E-state index contributed by atoms with van der Waals surface area (Å²) in [7, 11) is 0. The number of hydrogen-bond acceptors (Lipinski definition) is 5. The second-order valence-electron chi connectivity index (χ2n) is 13.1. The molecule has 0 aliphatic heterocycles. The molecular weight excluding hydrogens is 610 g/mol. The number of ether oxygens (including phenoxy) is 1. The molecule has 0 saturated heterocycles. The minimum Gasteiger partial charge on any atom is -0.462 e. The van der Waals surface area contributed by atoms with Crippen LogP contribution >= 0.6 is 0 Å². The molecular formula is C43H73NO5. The molecule has 0 radical (unpaired) electrons. The number of allylic oxidation sites excluding steroid dienone is 12. The van der Waals surface area contributed by atoms with Crippen molar-refractivity contribution in [3.63, 3.8) is 0 Å². The number of carbonyl (C=O) groups excluding carboxylic acids is 2. The summed E-state index contributed by atoms with van der Waals surface area (Å²) in [5.74, 6) is -0.595. The average molecular weight is 684 g/mol. The highest BCUT2D eigenvalue weighted by atomic mass is 16.5. The lowest BCUT2D eigenvalue weighted by molar-refractivity contribution is -0.151. The van der Waals surface area contributed by atoms with E-state index in [4.69, 9.17) is 4.74 Å². The molecule has 0 aromatic carbocycles. The van der Waals surface area contributed by atoms with Gasteiger partial charge in [-0.25, -0.2) is 0 Å². The van der Waals surface area contributed by atoms with E-state index in [9.17, 15) is 19.8 Å². The van der Waals surface area contributed by atoms with Crippen LogP contribution in [0.5, 0.6) is 0 Å². The van der Waals surface area contributed by atoms with Gasteiger partial charge < -0.3 is 20.3 Å². The molecule has 0 saturated carbocycles. The van der Waals surface area contributed by atoms with E-state index >= 15 is 0 Å². The lowest BCUT2D eigenvalue weighted by atomic mass is 10.0. The van der Waals surface area contributed by atoms with E-state index in [0.29, 0.717) is 25.7 Å². The standard InChI is InChI=1S/C43H73NO5/c1-4-7-10-13-16-19-20-21-22-24-27-30-33-36-43(48)49-39(34-31-28-25-18-15-12-9-6-3)37-42(47)44-40(38-45)41(46)35-32-29-26-23-17-14-11-8-5-2/h7,10,12-13,15-16,19-22,24,27,39-41,45-46H,4-6,8-9,11,14,17-18,23,25-26,28-38H2,1-3H3,(H,44,47)/b10-7+,15-12-,16-13+,20-19-,22-21-,27-24+. The topological polar surface area (TPSA) is 95.9 Å². The van der Waals surface area contributed by atoms with Gasteiger partial charge in [0.05, 0.1) is 25.2 Å². The molecule has 280 valence electrons. The average Bonchev–Trinajstić information content (AvgIpc) is 3.09. The number of hydrogen-bond donors (Lipinski definition) is 3. The van der Waals surface area contributed by atoms with Crippen LogP contribution in [0.2, 0.25) is 0 Å². The first-order chi connectivity index (χ1) is 24.0. The third-order valence-electron chi connectivity index (χ3n) is 8.38. The predicted molar refractivity (Wildman–Crippen MR) is 208 cm³/mol. The molecule has 0 aromatic rings. The minimum absolute atomic E-state index is 0.0334. The Bertz CT molecular complexity index is 948. The number of carbonyl (C=O) groups is 2. The van der Waals surface area contributed by atoms with Crippen LogP contribution in [0.4, 0.5) is 0 Å². The van der Waals surface area contributed by atoms with Crippen LogP contribution in [0.15, 0.2) is 72.9 Å². The molecule has 0 aliphatic rings. The van der Waals surface area contributed by atoms with Gasteiger partial charge in [0.25, 0.3) is 0 Å². The minimum atomic E-state index is -0.802. The molecule has 0 rings (SSSR count). The van der Waals surface area contributed by atoms with Crippen LogP contribution in [0.25, 0.3) is 0 Å². The van der Waals surface area contributed by atoms with Crippen LogP contribution < -0.4 is 5.32 Å². The molecule has 0 bridgehead atoms. The quantitative estimate of drug-likeness (QED) is 0.0277. The summed E-state index contributed by atoms with van der Waals surface area (Å²) in [4.78, 5) is 25.7. The van der Waals surface area contributed by atoms with Crippen LogP contribution in [0, 0.1) is 0 Å². The van der Waals surface area contributed by atoms with Crippen LogP contribution in [-0.2, 0) is 14.3 Å². The van der Waals surface area contributed by atoms with Gasteiger partial charge in [0.2, 0.25) is 5.91 Å². The van der Waals surface area contributed by atoms with Gasteiger partial charge in [-0.1, -0.05) is 164 Å². The second-order valence-corrected chi connectivity index (χ2v) is 13.1. The molecule has 0 spiro atoms. The van der Waals surface area contributed by atoms with Crippen molar-refractivity contribution in [2.24, 2.45) is 0 Å². The Morgan fingerprint density at radius 1 is 0.612 bits per heavy atom. The van der Waals surface area contributed by atoms with Crippen LogP contribution in [0.3, 0.4) is 0 Å².